The highest BCUT2D eigenvalue weighted by Gasteiger charge is 2.14. The minimum atomic E-state index is 0.449. The first kappa shape index (κ1) is 19.4. The van der Waals surface area contributed by atoms with Crippen molar-refractivity contribution < 1.29 is 0 Å². The highest BCUT2D eigenvalue weighted by atomic mass is 35.5. The van der Waals surface area contributed by atoms with E-state index in [9.17, 15) is 0 Å². The average Bonchev–Trinajstić information content (AvgIpc) is 2.76. The molecule has 1 saturated heterocycles. The number of halogens is 1. The summed E-state index contributed by atoms with van der Waals surface area (Å²) in [7, 11) is 2.15. The summed E-state index contributed by atoms with van der Waals surface area (Å²) in [5, 5.41) is 6.88. The molecule has 150 valence electrons. The van der Waals surface area contributed by atoms with Gasteiger partial charge in [0.25, 0.3) is 0 Å². The normalized spacial score (nSPS) is 14.6. The summed E-state index contributed by atoms with van der Waals surface area (Å²) in [6.07, 6.45) is 3.47. The monoisotopic (exact) mass is 409 g/mol. The first-order chi connectivity index (χ1) is 14.2. The molecule has 8 heteroatoms. The van der Waals surface area contributed by atoms with Crippen molar-refractivity contribution in [1.82, 2.24) is 19.9 Å². The lowest BCUT2D eigenvalue weighted by Crippen LogP contribution is -2.44. The predicted octanol–water partition coefficient (Wildman–Crippen LogP) is 3.63. The topological polar surface area (TPSA) is 69.2 Å². The minimum Gasteiger partial charge on any atom is -0.368 e. The lowest BCUT2D eigenvalue weighted by Gasteiger charge is -2.33. The van der Waals surface area contributed by atoms with Gasteiger partial charge in [-0.3, -0.25) is 0 Å². The molecule has 0 saturated carbocycles. The van der Waals surface area contributed by atoms with Crippen molar-refractivity contribution in [2.75, 3.05) is 48.8 Å². The van der Waals surface area contributed by atoms with Gasteiger partial charge in [0.1, 0.15) is 10.8 Å². The van der Waals surface area contributed by atoms with E-state index in [0.29, 0.717) is 29.2 Å². The Hall–Kier alpha value is -2.90. The lowest BCUT2D eigenvalue weighted by atomic mass is 10.2. The van der Waals surface area contributed by atoms with Crippen LogP contribution in [-0.2, 0) is 6.54 Å². The van der Waals surface area contributed by atoms with Crippen molar-refractivity contribution in [1.29, 1.82) is 0 Å². The fraction of sp³-hybridized carbons (Fsp3) is 0.286. The molecule has 1 aromatic carbocycles. The summed E-state index contributed by atoms with van der Waals surface area (Å²) in [6.45, 7) is 4.80. The van der Waals surface area contributed by atoms with E-state index < -0.39 is 0 Å². The number of aromatic nitrogens is 3. The number of nitrogens with zero attached hydrogens (tertiary/aromatic N) is 5. The van der Waals surface area contributed by atoms with Crippen LogP contribution in [0.25, 0.3) is 0 Å². The van der Waals surface area contributed by atoms with E-state index in [1.807, 2.05) is 42.6 Å². The van der Waals surface area contributed by atoms with Crippen molar-refractivity contribution in [2.45, 2.75) is 6.54 Å². The van der Waals surface area contributed by atoms with Crippen molar-refractivity contribution in [3.05, 3.63) is 65.4 Å². The Bertz CT molecular complexity index is 926. The molecule has 0 unspecified atom stereocenters. The number of benzene rings is 1. The molecule has 0 radical (unpaired) electrons. The van der Waals surface area contributed by atoms with Gasteiger partial charge in [0.15, 0.2) is 5.82 Å². The Kier molecular flexibility index (Phi) is 6.07. The molecule has 0 atom stereocenters. The zero-order valence-corrected chi connectivity index (χ0v) is 17.1. The summed E-state index contributed by atoms with van der Waals surface area (Å²) >= 11 is 6.24. The van der Waals surface area contributed by atoms with E-state index in [4.69, 9.17) is 11.6 Å². The summed E-state index contributed by atoms with van der Waals surface area (Å²) < 4.78 is 0. The molecule has 1 fully saturated rings. The number of hydrogen-bond acceptors (Lipinski definition) is 7. The van der Waals surface area contributed by atoms with Crippen LogP contribution in [0.5, 0.6) is 0 Å². The Labute approximate surface area is 175 Å². The van der Waals surface area contributed by atoms with Gasteiger partial charge < -0.3 is 20.4 Å². The zero-order chi connectivity index (χ0) is 20.1. The smallest absolute Gasteiger partial charge is 0.230 e. The number of anilines is 4. The number of pyridine rings is 1. The van der Waals surface area contributed by atoms with Gasteiger partial charge in [-0.1, -0.05) is 41.9 Å². The van der Waals surface area contributed by atoms with Crippen LogP contribution in [0, 0.1) is 0 Å². The van der Waals surface area contributed by atoms with Gasteiger partial charge in [0, 0.05) is 32.7 Å². The number of nitrogens with one attached hydrogen (secondary N) is 2. The average molecular weight is 410 g/mol. The highest BCUT2D eigenvalue weighted by Crippen LogP contribution is 2.22. The van der Waals surface area contributed by atoms with Crippen molar-refractivity contribution in [2.24, 2.45) is 0 Å². The van der Waals surface area contributed by atoms with Gasteiger partial charge in [-0.05, 0) is 24.7 Å². The maximum absolute atomic E-state index is 6.24. The molecule has 0 aliphatic carbocycles. The van der Waals surface area contributed by atoms with Crippen LogP contribution in [0.15, 0.2) is 54.9 Å². The van der Waals surface area contributed by atoms with Gasteiger partial charge in [-0.25, -0.2) is 9.97 Å². The maximum Gasteiger partial charge on any atom is 0.230 e. The molecule has 7 nitrogen and oxygen atoms in total. The molecule has 2 N–H and O–H groups in total. The zero-order valence-electron chi connectivity index (χ0n) is 16.3. The fourth-order valence-corrected chi connectivity index (χ4v) is 3.32. The van der Waals surface area contributed by atoms with Gasteiger partial charge in [0.2, 0.25) is 5.95 Å². The fourth-order valence-electron chi connectivity index (χ4n) is 3.16. The second kappa shape index (κ2) is 9.07. The van der Waals surface area contributed by atoms with Crippen LogP contribution in [-0.4, -0.2) is 53.1 Å². The van der Waals surface area contributed by atoms with Crippen molar-refractivity contribution >= 4 is 34.9 Å². The van der Waals surface area contributed by atoms with Crippen molar-refractivity contribution in [3.8, 4) is 0 Å². The maximum atomic E-state index is 6.24. The Morgan fingerprint density at radius 2 is 1.76 bits per heavy atom. The first-order valence-electron chi connectivity index (χ1n) is 9.64. The van der Waals surface area contributed by atoms with E-state index >= 15 is 0 Å². The molecule has 1 aliphatic rings. The Morgan fingerprint density at radius 1 is 0.966 bits per heavy atom. The lowest BCUT2D eigenvalue weighted by molar-refractivity contribution is 0.313. The molecule has 3 aromatic rings. The molecule has 2 aromatic heterocycles. The third kappa shape index (κ3) is 5.13. The summed E-state index contributed by atoms with van der Waals surface area (Å²) in [5.74, 6) is 1.73. The second-order valence-electron chi connectivity index (χ2n) is 7.05. The van der Waals surface area contributed by atoms with Crippen LogP contribution in [0.3, 0.4) is 0 Å². The van der Waals surface area contributed by atoms with Gasteiger partial charge in [-0.2, -0.15) is 4.98 Å². The van der Waals surface area contributed by atoms with Gasteiger partial charge in [-0.15, -0.1) is 0 Å². The first-order valence-corrected chi connectivity index (χ1v) is 10.0. The number of likely N-dealkylation sites (N-methyl/N-ethyl adjacent to an activating group) is 1. The standard InChI is InChI=1S/C21H24ClN7/c1-28-9-11-29(12-10-28)17-7-8-19(23-14-17)26-21-25-15-18(22)20(27-21)24-13-16-5-3-2-4-6-16/h2-8,14-15H,9-13H2,1H3,(H2,23,24,25,26,27). The van der Waals surface area contributed by atoms with E-state index in [1.54, 1.807) is 6.20 Å². The largest absolute Gasteiger partial charge is 0.368 e. The van der Waals surface area contributed by atoms with E-state index in [1.165, 1.54) is 0 Å². The number of rotatable bonds is 6. The predicted molar refractivity (Wildman–Crippen MR) is 118 cm³/mol. The molecule has 0 spiro atoms. The van der Waals surface area contributed by atoms with Gasteiger partial charge in [0.05, 0.1) is 18.1 Å². The van der Waals surface area contributed by atoms with E-state index in [2.05, 4.69) is 48.5 Å². The Balaban J connectivity index is 1.40. The molecule has 3 heterocycles. The van der Waals surface area contributed by atoms with E-state index in [0.717, 1.165) is 37.4 Å². The number of hydrogen-bond donors (Lipinski definition) is 2. The molecule has 0 bridgehead atoms. The molecular weight excluding hydrogens is 386 g/mol. The Morgan fingerprint density at radius 3 is 2.48 bits per heavy atom. The molecule has 4 rings (SSSR count). The summed E-state index contributed by atoms with van der Waals surface area (Å²) in [4.78, 5) is 17.9. The van der Waals surface area contributed by atoms with Crippen LogP contribution in [0.4, 0.5) is 23.3 Å². The van der Waals surface area contributed by atoms with E-state index in [-0.39, 0.29) is 0 Å². The SMILES string of the molecule is CN1CCN(c2ccc(Nc3ncc(Cl)c(NCc4ccccc4)n3)nc2)CC1. The third-order valence-corrected chi connectivity index (χ3v) is 5.18. The van der Waals surface area contributed by atoms with Crippen molar-refractivity contribution in [3.63, 3.8) is 0 Å². The molecular formula is C21H24ClN7. The third-order valence-electron chi connectivity index (χ3n) is 4.90. The highest BCUT2D eigenvalue weighted by molar-refractivity contribution is 6.32. The summed E-state index contributed by atoms with van der Waals surface area (Å²) in [6, 6.07) is 14.1. The van der Waals surface area contributed by atoms with Gasteiger partial charge >= 0.3 is 0 Å². The van der Waals surface area contributed by atoms with Crippen LogP contribution in [0.1, 0.15) is 5.56 Å². The summed E-state index contributed by atoms with van der Waals surface area (Å²) in [5.41, 5.74) is 2.28. The minimum absolute atomic E-state index is 0.449. The quantitative estimate of drug-likeness (QED) is 0.644. The second-order valence-corrected chi connectivity index (χ2v) is 7.45. The van der Waals surface area contributed by atoms with Crippen LogP contribution in [0.2, 0.25) is 5.02 Å². The molecule has 1 aliphatic heterocycles. The molecule has 0 amide bonds. The number of piperazine rings is 1. The van der Waals surface area contributed by atoms with Crippen LogP contribution < -0.4 is 15.5 Å². The molecule has 29 heavy (non-hydrogen) atoms. The van der Waals surface area contributed by atoms with Crippen LogP contribution >= 0.6 is 11.6 Å².